The molecule has 1 aliphatic heterocycles. The van der Waals surface area contributed by atoms with Gasteiger partial charge in [-0.05, 0) is 48.6 Å². The minimum absolute atomic E-state index is 0.0350. The van der Waals surface area contributed by atoms with E-state index in [0.717, 1.165) is 31.7 Å². The lowest BCUT2D eigenvalue weighted by atomic mass is 9.99. The number of hydrogen-bond acceptors (Lipinski definition) is 2. The topological polar surface area (TPSA) is 29.5 Å². The molecule has 1 saturated heterocycles. The molecule has 0 aromatic heterocycles. The lowest BCUT2D eigenvalue weighted by Crippen LogP contribution is -2.29. The SMILES string of the molecule is COc1ccc(CC2CCN(C(=O)c3ccccc3Cl)C2)cc1. The fourth-order valence-electron chi connectivity index (χ4n) is 3.08. The van der Waals surface area contributed by atoms with E-state index >= 15 is 0 Å². The lowest BCUT2D eigenvalue weighted by molar-refractivity contribution is 0.0787. The molecule has 23 heavy (non-hydrogen) atoms. The Bertz CT molecular complexity index is 684. The maximum Gasteiger partial charge on any atom is 0.255 e. The predicted molar refractivity (Wildman–Crippen MR) is 92.2 cm³/mol. The van der Waals surface area contributed by atoms with Crippen LogP contribution in [0.15, 0.2) is 48.5 Å². The molecule has 2 aromatic carbocycles. The number of likely N-dealkylation sites (tertiary alicyclic amines) is 1. The number of ether oxygens (including phenoxy) is 1. The monoisotopic (exact) mass is 329 g/mol. The van der Waals surface area contributed by atoms with E-state index in [1.54, 1.807) is 19.2 Å². The van der Waals surface area contributed by atoms with Gasteiger partial charge in [-0.1, -0.05) is 35.9 Å². The van der Waals surface area contributed by atoms with E-state index in [0.29, 0.717) is 16.5 Å². The summed E-state index contributed by atoms with van der Waals surface area (Å²) in [6, 6.07) is 15.4. The van der Waals surface area contributed by atoms with Crippen molar-refractivity contribution in [2.24, 2.45) is 5.92 Å². The first-order valence-electron chi connectivity index (χ1n) is 7.84. The maximum atomic E-state index is 12.6. The molecule has 1 heterocycles. The Hall–Kier alpha value is -2.00. The van der Waals surface area contributed by atoms with Crippen LogP contribution in [-0.4, -0.2) is 31.0 Å². The average Bonchev–Trinajstić information content (AvgIpc) is 3.04. The Morgan fingerprint density at radius 1 is 1.22 bits per heavy atom. The van der Waals surface area contributed by atoms with E-state index in [-0.39, 0.29) is 5.91 Å². The largest absolute Gasteiger partial charge is 0.497 e. The number of nitrogens with zero attached hydrogens (tertiary/aromatic N) is 1. The summed E-state index contributed by atoms with van der Waals surface area (Å²) >= 11 is 6.13. The number of amides is 1. The molecule has 1 fully saturated rings. The van der Waals surface area contributed by atoms with Crippen molar-refractivity contribution in [2.75, 3.05) is 20.2 Å². The van der Waals surface area contributed by atoms with Crippen molar-refractivity contribution in [3.8, 4) is 5.75 Å². The van der Waals surface area contributed by atoms with Gasteiger partial charge in [0.1, 0.15) is 5.75 Å². The molecule has 0 aliphatic carbocycles. The molecule has 3 nitrogen and oxygen atoms in total. The van der Waals surface area contributed by atoms with Gasteiger partial charge >= 0.3 is 0 Å². The Labute approximate surface area is 141 Å². The van der Waals surface area contributed by atoms with Gasteiger partial charge in [0, 0.05) is 13.1 Å². The molecule has 0 N–H and O–H groups in total. The van der Waals surface area contributed by atoms with Crippen LogP contribution < -0.4 is 4.74 Å². The van der Waals surface area contributed by atoms with Gasteiger partial charge in [-0.25, -0.2) is 0 Å². The summed E-state index contributed by atoms with van der Waals surface area (Å²) in [5.74, 6) is 1.40. The van der Waals surface area contributed by atoms with Crippen LogP contribution in [0.1, 0.15) is 22.3 Å². The second-order valence-corrected chi connectivity index (χ2v) is 6.35. The minimum atomic E-state index is 0.0350. The first-order valence-corrected chi connectivity index (χ1v) is 8.22. The first-order chi connectivity index (χ1) is 11.2. The molecule has 0 radical (unpaired) electrons. The molecule has 0 bridgehead atoms. The third-order valence-corrected chi connectivity index (χ3v) is 4.69. The molecule has 2 aromatic rings. The Balaban J connectivity index is 1.62. The van der Waals surface area contributed by atoms with E-state index in [1.165, 1.54) is 5.56 Å². The fraction of sp³-hybridized carbons (Fsp3) is 0.316. The molecule has 0 spiro atoms. The number of carbonyl (C=O) groups is 1. The molecule has 4 heteroatoms. The van der Waals surface area contributed by atoms with E-state index in [1.807, 2.05) is 29.2 Å². The second kappa shape index (κ2) is 7.05. The van der Waals surface area contributed by atoms with Crippen LogP contribution in [0.3, 0.4) is 0 Å². The normalized spacial score (nSPS) is 17.3. The molecule has 0 saturated carbocycles. The van der Waals surface area contributed by atoms with Gasteiger partial charge < -0.3 is 9.64 Å². The predicted octanol–water partition coefficient (Wildman–Crippen LogP) is 4.05. The van der Waals surface area contributed by atoms with E-state index in [9.17, 15) is 4.79 Å². The average molecular weight is 330 g/mol. The first kappa shape index (κ1) is 15.9. The number of methoxy groups -OCH3 is 1. The standard InChI is InChI=1S/C19H20ClNO2/c1-23-16-8-6-14(7-9-16)12-15-10-11-21(13-15)19(22)17-4-2-3-5-18(17)20/h2-9,15H,10-13H2,1H3. The summed E-state index contributed by atoms with van der Waals surface area (Å²) in [5.41, 5.74) is 1.88. The van der Waals surface area contributed by atoms with E-state index < -0.39 is 0 Å². The van der Waals surface area contributed by atoms with Gasteiger partial charge in [0.2, 0.25) is 0 Å². The Kier molecular flexibility index (Phi) is 4.87. The van der Waals surface area contributed by atoms with Crippen molar-refractivity contribution < 1.29 is 9.53 Å². The van der Waals surface area contributed by atoms with Crippen molar-refractivity contribution >= 4 is 17.5 Å². The Morgan fingerprint density at radius 3 is 2.65 bits per heavy atom. The summed E-state index contributed by atoms with van der Waals surface area (Å²) in [6.45, 7) is 1.58. The molecule has 1 amide bonds. The molecule has 1 atom stereocenters. The van der Waals surface area contributed by atoms with Gasteiger partial charge in [0.25, 0.3) is 5.91 Å². The van der Waals surface area contributed by atoms with Gasteiger partial charge in [-0.3, -0.25) is 4.79 Å². The van der Waals surface area contributed by atoms with Crippen LogP contribution in [0.25, 0.3) is 0 Å². The van der Waals surface area contributed by atoms with E-state index in [4.69, 9.17) is 16.3 Å². The maximum absolute atomic E-state index is 12.6. The Morgan fingerprint density at radius 2 is 1.96 bits per heavy atom. The summed E-state index contributed by atoms with van der Waals surface area (Å²) in [6.07, 6.45) is 2.01. The molecule has 120 valence electrons. The van der Waals surface area contributed by atoms with Crippen LogP contribution in [-0.2, 0) is 6.42 Å². The summed E-state index contributed by atoms with van der Waals surface area (Å²) in [4.78, 5) is 14.5. The highest BCUT2D eigenvalue weighted by atomic mass is 35.5. The van der Waals surface area contributed by atoms with Gasteiger partial charge in [-0.2, -0.15) is 0 Å². The van der Waals surface area contributed by atoms with Crippen LogP contribution in [0, 0.1) is 5.92 Å². The number of benzene rings is 2. The molecule has 3 rings (SSSR count). The number of halogens is 1. The summed E-state index contributed by atoms with van der Waals surface area (Å²) in [7, 11) is 1.67. The number of rotatable bonds is 4. The molecule has 1 unspecified atom stereocenters. The van der Waals surface area contributed by atoms with Crippen LogP contribution in [0.2, 0.25) is 5.02 Å². The highest BCUT2D eigenvalue weighted by molar-refractivity contribution is 6.33. The summed E-state index contributed by atoms with van der Waals surface area (Å²) in [5, 5.41) is 0.524. The van der Waals surface area contributed by atoms with Crippen molar-refractivity contribution in [2.45, 2.75) is 12.8 Å². The van der Waals surface area contributed by atoms with Gasteiger partial charge in [0.05, 0.1) is 17.7 Å². The number of hydrogen-bond donors (Lipinski definition) is 0. The van der Waals surface area contributed by atoms with Crippen LogP contribution in [0.4, 0.5) is 0 Å². The van der Waals surface area contributed by atoms with Crippen molar-refractivity contribution in [3.05, 3.63) is 64.7 Å². The van der Waals surface area contributed by atoms with Crippen molar-refractivity contribution in [3.63, 3.8) is 0 Å². The van der Waals surface area contributed by atoms with Crippen molar-refractivity contribution in [1.29, 1.82) is 0 Å². The minimum Gasteiger partial charge on any atom is -0.497 e. The quantitative estimate of drug-likeness (QED) is 0.846. The third-order valence-electron chi connectivity index (χ3n) is 4.36. The highest BCUT2D eigenvalue weighted by Gasteiger charge is 2.27. The van der Waals surface area contributed by atoms with Crippen LogP contribution >= 0.6 is 11.6 Å². The van der Waals surface area contributed by atoms with Crippen molar-refractivity contribution in [1.82, 2.24) is 4.90 Å². The van der Waals surface area contributed by atoms with Gasteiger partial charge in [-0.15, -0.1) is 0 Å². The zero-order chi connectivity index (χ0) is 16.2. The zero-order valence-corrected chi connectivity index (χ0v) is 13.9. The smallest absolute Gasteiger partial charge is 0.255 e. The second-order valence-electron chi connectivity index (χ2n) is 5.94. The van der Waals surface area contributed by atoms with Gasteiger partial charge in [0.15, 0.2) is 0 Å². The number of carbonyl (C=O) groups excluding carboxylic acids is 1. The molecule has 1 aliphatic rings. The van der Waals surface area contributed by atoms with Crippen LogP contribution in [0.5, 0.6) is 5.75 Å². The molecular formula is C19H20ClNO2. The van der Waals surface area contributed by atoms with E-state index in [2.05, 4.69) is 12.1 Å². The fourth-order valence-corrected chi connectivity index (χ4v) is 3.30. The third kappa shape index (κ3) is 3.67. The zero-order valence-electron chi connectivity index (χ0n) is 13.2. The molecular weight excluding hydrogens is 310 g/mol. The lowest BCUT2D eigenvalue weighted by Gasteiger charge is -2.17. The summed E-state index contributed by atoms with van der Waals surface area (Å²) < 4.78 is 5.18. The highest BCUT2D eigenvalue weighted by Crippen LogP contribution is 2.25.